The first-order chi connectivity index (χ1) is 9.75. The normalized spacial score (nSPS) is 15.7. The summed E-state index contributed by atoms with van der Waals surface area (Å²) in [5, 5.41) is 3.57. The summed E-state index contributed by atoms with van der Waals surface area (Å²) in [4.78, 5) is 0. The summed E-state index contributed by atoms with van der Waals surface area (Å²) in [6, 6.07) is 6.64. The Balaban J connectivity index is 1.90. The molecule has 0 amide bonds. The van der Waals surface area contributed by atoms with Crippen molar-refractivity contribution >= 4 is 0 Å². The van der Waals surface area contributed by atoms with Crippen molar-refractivity contribution in [1.29, 1.82) is 0 Å². The van der Waals surface area contributed by atoms with Gasteiger partial charge in [-0.05, 0) is 69.7 Å². The fraction of sp³-hybridized carbons (Fsp3) is 0.684. The highest BCUT2D eigenvalue weighted by atomic mass is 16.5. The Kier molecular flexibility index (Phi) is 4.98. The van der Waals surface area contributed by atoms with Gasteiger partial charge in [0.15, 0.2) is 0 Å². The standard InChI is InChI=1S/C19H31NO/c1-18(2,3)20-13-19(4,5)14-21-17-11-10-15-8-6-7-9-16(15)12-17/h10-12,20H,6-9,13-14H2,1-5H3. The molecule has 118 valence electrons. The third-order valence-electron chi connectivity index (χ3n) is 4.05. The van der Waals surface area contributed by atoms with Crippen molar-refractivity contribution in [3.8, 4) is 5.75 Å². The Labute approximate surface area is 130 Å². The van der Waals surface area contributed by atoms with Crippen LogP contribution >= 0.6 is 0 Å². The Hall–Kier alpha value is -1.02. The third-order valence-corrected chi connectivity index (χ3v) is 4.05. The minimum atomic E-state index is 0.128. The van der Waals surface area contributed by atoms with E-state index in [0.29, 0.717) is 0 Å². The lowest BCUT2D eigenvalue weighted by Crippen LogP contribution is -2.43. The molecule has 0 bridgehead atoms. The van der Waals surface area contributed by atoms with Gasteiger partial charge in [-0.15, -0.1) is 0 Å². The molecule has 0 aromatic heterocycles. The average molecular weight is 289 g/mol. The molecule has 2 rings (SSSR count). The van der Waals surface area contributed by atoms with E-state index in [1.807, 2.05) is 0 Å². The van der Waals surface area contributed by atoms with E-state index in [2.05, 4.69) is 58.1 Å². The van der Waals surface area contributed by atoms with Crippen molar-refractivity contribution in [2.45, 2.75) is 65.8 Å². The van der Waals surface area contributed by atoms with E-state index in [1.54, 1.807) is 0 Å². The van der Waals surface area contributed by atoms with Crippen LogP contribution in [0.3, 0.4) is 0 Å². The highest BCUT2D eigenvalue weighted by Gasteiger charge is 2.22. The van der Waals surface area contributed by atoms with Crippen molar-refractivity contribution < 1.29 is 4.74 Å². The van der Waals surface area contributed by atoms with Gasteiger partial charge in [0.2, 0.25) is 0 Å². The lowest BCUT2D eigenvalue weighted by Gasteiger charge is -2.30. The molecule has 0 radical (unpaired) electrons. The Morgan fingerprint density at radius 3 is 2.33 bits per heavy atom. The fourth-order valence-electron chi connectivity index (χ4n) is 2.63. The lowest BCUT2D eigenvalue weighted by atomic mass is 9.91. The van der Waals surface area contributed by atoms with Crippen molar-refractivity contribution in [3.63, 3.8) is 0 Å². The van der Waals surface area contributed by atoms with Crippen LogP contribution in [0.1, 0.15) is 58.6 Å². The van der Waals surface area contributed by atoms with Gasteiger partial charge in [0, 0.05) is 17.5 Å². The van der Waals surface area contributed by atoms with Crippen LogP contribution in [-0.2, 0) is 12.8 Å². The summed E-state index contributed by atoms with van der Waals surface area (Å²) in [6.07, 6.45) is 5.09. The average Bonchev–Trinajstić information content (AvgIpc) is 2.42. The molecule has 1 aliphatic carbocycles. The third kappa shape index (κ3) is 5.35. The van der Waals surface area contributed by atoms with Crippen molar-refractivity contribution in [1.82, 2.24) is 5.32 Å². The maximum Gasteiger partial charge on any atom is 0.119 e. The number of hydrogen-bond donors (Lipinski definition) is 1. The van der Waals surface area contributed by atoms with Gasteiger partial charge in [-0.25, -0.2) is 0 Å². The molecule has 2 nitrogen and oxygen atoms in total. The molecule has 0 unspecified atom stereocenters. The quantitative estimate of drug-likeness (QED) is 0.869. The van der Waals surface area contributed by atoms with Gasteiger partial charge in [-0.1, -0.05) is 19.9 Å². The molecular formula is C19H31NO. The molecule has 1 aromatic rings. The number of aryl methyl sites for hydroxylation is 2. The first-order valence-corrected chi connectivity index (χ1v) is 8.25. The maximum atomic E-state index is 6.06. The van der Waals surface area contributed by atoms with Gasteiger partial charge < -0.3 is 10.1 Å². The number of rotatable bonds is 5. The predicted octanol–water partition coefficient (Wildman–Crippen LogP) is 4.36. The zero-order valence-corrected chi connectivity index (χ0v) is 14.4. The summed E-state index contributed by atoms with van der Waals surface area (Å²) in [7, 11) is 0. The minimum absolute atomic E-state index is 0.128. The summed E-state index contributed by atoms with van der Waals surface area (Å²) in [6.45, 7) is 12.8. The highest BCUT2D eigenvalue weighted by molar-refractivity contribution is 5.37. The second kappa shape index (κ2) is 6.39. The molecule has 1 aliphatic rings. The molecule has 0 heterocycles. The van der Waals surface area contributed by atoms with Gasteiger partial charge >= 0.3 is 0 Å². The fourth-order valence-corrected chi connectivity index (χ4v) is 2.63. The van der Waals surface area contributed by atoms with Gasteiger partial charge in [-0.3, -0.25) is 0 Å². The number of ether oxygens (including phenoxy) is 1. The second-order valence-electron chi connectivity index (χ2n) is 8.19. The smallest absolute Gasteiger partial charge is 0.119 e. The molecule has 0 fully saturated rings. The zero-order chi connectivity index (χ0) is 15.5. The molecule has 0 aliphatic heterocycles. The van der Waals surface area contributed by atoms with Crippen LogP contribution in [0.2, 0.25) is 0 Å². The molecular weight excluding hydrogens is 258 g/mol. The van der Waals surface area contributed by atoms with Crippen LogP contribution in [-0.4, -0.2) is 18.7 Å². The monoisotopic (exact) mass is 289 g/mol. The lowest BCUT2D eigenvalue weighted by molar-refractivity contribution is 0.165. The number of benzene rings is 1. The Morgan fingerprint density at radius 2 is 1.67 bits per heavy atom. The van der Waals surface area contributed by atoms with Crippen molar-refractivity contribution in [2.24, 2.45) is 5.41 Å². The van der Waals surface area contributed by atoms with E-state index >= 15 is 0 Å². The first-order valence-electron chi connectivity index (χ1n) is 8.25. The maximum absolute atomic E-state index is 6.06. The van der Waals surface area contributed by atoms with Crippen molar-refractivity contribution in [2.75, 3.05) is 13.2 Å². The predicted molar refractivity (Wildman–Crippen MR) is 90.1 cm³/mol. The van der Waals surface area contributed by atoms with E-state index in [0.717, 1.165) is 18.9 Å². The first kappa shape index (κ1) is 16.4. The topological polar surface area (TPSA) is 21.3 Å². The molecule has 2 heteroatoms. The van der Waals surface area contributed by atoms with Crippen LogP contribution in [0, 0.1) is 5.41 Å². The number of nitrogens with one attached hydrogen (secondary N) is 1. The number of hydrogen-bond acceptors (Lipinski definition) is 2. The summed E-state index contributed by atoms with van der Waals surface area (Å²) in [5.41, 5.74) is 3.29. The number of fused-ring (bicyclic) bond motifs is 1. The van der Waals surface area contributed by atoms with E-state index < -0.39 is 0 Å². The molecule has 0 spiro atoms. The molecule has 1 aromatic carbocycles. The van der Waals surface area contributed by atoms with Crippen LogP contribution < -0.4 is 10.1 Å². The van der Waals surface area contributed by atoms with Crippen LogP contribution in [0.5, 0.6) is 5.75 Å². The molecule has 1 N–H and O–H groups in total. The van der Waals surface area contributed by atoms with Crippen LogP contribution in [0.25, 0.3) is 0 Å². The minimum Gasteiger partial charge on any atom is -0.493 e. The highest BCUT2D eigenvalue weighted by Crippen LogP contribution is 2.26. The van der Waals surface area contributed by atoms with Crippen LogP contribution in [0.15, 0.2) is 18.2 Å². The van der Waals surface area contributed by atoms with Gasteiger partial charge in [0.1, 0.15) is 5.75 Å². The van der Waals surface area contributed by atoms with E-state index in [1.165, 1.54) is 36.8 Å². The second-order valence-corrected chi connectivity index (χ2v) is 8.19. The SMILES string of the molecule is CC(C)(CNC(C)(C)C)COc1ccc2c(c1)CCCC2. The zero-order valence-electron chi connectivity index (χ0n) is 14.4. The summed E-state index contributed by atoms with van der Waals surface area (Å²) >= 11 is 0. The Morgan fingerprint density at radius 1 is 1.00 bits per heavy atom. The molecule has 0 saturated heterocycles. The van der Waals surface area contributed by atoms with Crippen LogP contribution in [0.4, 0.5) is 0 Å². The van der Waals surface area contributed by atoms with E-state index in [4.69, 9.17) is 4.74 Å². The van der Waals surface area contributed by atoms with E-state index in [-0.39, 0.29) is 11.0 Å². The molecule has 21 heavy (non-hydrogen) atoms. The largest absolute Gasteiger partial charge is 0.493 e. The van der Waals surface area contributed by atoms with Gasteiger partial charge in [0.05, 0.1) is 6.61 Å². The van der Waals surface area contributed by atoms with Crippen molar-refractivity contribution in [3.05, 3.63) is 29.3 Å². The Bertz CT molecular complexity index is 471. The molecule has 0 atom stereocenters. The van der Waals surface area contributed by atoms with E-state index in [9.17, 15) is 0 Å². The van der Waals surface area contributed by atoms with Gasteiger partial charge in [-0.2, -0.15) is 0 Å². The summed E-state index contributed by atoms with van der Waals surface area (Å²) < 4.78 is 6.06. The molecule has 0 saturated carbocycles. The van der Waals surface area contributed by atoms with Gasteiger partial charge in [0.25, 0.3) is 0 Å². The summed E-state index contributed by atoms with van der Waals surface area (Å²) in [5.74, 6) is 1.03.